The van der Waals surface area contributed by atoms with Gasteiger partial charge in [-0.25, -0.2) is 5.01 Å². The number of amides is 1. The molecule has 1 fully saturated rings. The van der Waals surface area contributed by atoms with Gasteiger partial charge in [-0.3, -0.25) is 14.5 Å². The molecule has 2 aliphatic heterocycles. The van der Waals surface area contributed by atoms with Crippen molar-refractivity contribution >= 4 is 17.6 Å². The molecular formula is C28H35N3O5. The molecule has 0 saturated carbocycles. The van der Waals surface area contributed by atoms with Crippen LogP contribution in [0.3, 0.4) is 0 Å². The maximum Gasteiger partial charge on any atom is 0.310 e. The third-order valence-electron chi connectivity index (χ3n) is 6.83. The van der Waals surface area contributed by atoms with Gasteiger partial charge in [0.05, 0.1) is 45.0 Å². The van der Waals surface area contributed by atoms with Crippen molar-refractivity contribution in [3.8, 4) is 11.5 Å². The molecule has 2 aliphatic rings. The number of rotatable bonds is 8. The second kappa shape index (κ2) is 11.6. The van der Waals surface area contributed by atoms with Crippen LogP contribution in [0.1, 0.15) is 48.9 Å². The van der Waals surface area contributed by atoms with Crippen LogP contribution in [0, 0.1) is 12.8 Å². The van der Waals surface area contributed by atoms with Gasteiger partial charge in [0.2, 0.25) is 0 Å². The van der Waals surface area contributed by atoms with E-state index < -0.39 is 0 Å². The first-order valence-electron chi connectivity index (χ1n) is 12.5. The number of likely N-dealkylation sites (tertiary alicyclic amines) is 1. The number of esters is 1. The van der Waals surface area contributed by atoms with Crippen LogP contribution in [0.2, 0.25) is 0 Å². The van der Waals surface area contributed by atoms with E-state index in [0.717, 1.165) is 41.8 Å². The summed E-state index contributed by atoms with van der Waals surface area (Å²) in [4.78, 5) is 27.9. The molecule has 1 amide bonds. The number of hydrogen-bond donors (Lipinski definition) is 0. The van der Waals surface area contributed by atoms with Crippen LogP contribution in [-0.2, 0) is 14.3 Å². The minimum Gasteiger partial charge on any atom is -0.497 e. The first kappa shape index (κ1) is 25.7. The minimum atomic E-state index is -0.217. The molecule has 8 heteroatoms. The number of ether oxygens (including phenoxy) is 3. The molecule has 2 aromatic rings. The van der Waals surface area contributed by atoms with E-state index in [4.69, 9.17) is 19.3 Å². The summed E-state index contributed by atoms with van der Waals surface area (Å²) in [6, 6.07) is 13.6. The number of aryl methyl sites for hydroxylation is 1. The number of piperidine rings is 1. The molecule has 0 spiro atoms. The molecule has 0 unspecified atom stereocenters. The van der Waals surface area contributed by atoms with E-state index in [1.54, 1.807) is 19.2 Å². The Morgan fingerprint density at radius 1 is 1.08 bits per heavy atom. The Balaban J connectivity index is 1.58. The molecule has 0 aromatic heterocycles. The van der Waals surface area contributed by atoms with Gasteiger partial charge < -0.3 is 14.2 Å². The predicted molar refractivity (Wildman–Crippen MR) is 137 cm³/mol. The van der Waals surface area contributed by atoms with E-state index >= 15 is 0 Å². The van der Waals surface area contributed by atoms with Gasteiger partial charge in [0, 0.05) is 24.6 Å². The van der Waals surface area contributed by atoms with Gasteiger partial charge in [-0.1, -0.05) is 29.8 Å². The number of hydrogen-bond acceptors (Lipinski definition) is 7. The zero-order valence-electron chi connectivity index (χ0n) is 21.5. The largest absolute Gasteiger partial charge is 0.497 e. The number of carbonyl (C=O) groups excluding carboxylic acids is 2. The van der Waals surface area contributed by atoms with Crippen LogP contribution in [0.4, 0.5) is 0 Å². The van der Waals surface area contributed by atoms with E-state index in [1.807, 2.05) is 36.9 Å². The zero-order chi connectivity index (χ0) is 25.7. The third-order valence-corrected chi connectivity index (χ3v) is 6.83. The zero-order valence-corrected chi connectivity index (χ0v) is 21.5. The first-order chi connectivity index (χ1) is 17.4. The smallest absolute Gasteiger partial charge is 0.310 e. The summed E-state index contributed by atoms with van der Waals surface area (Å²) >= 11 is 0. The Morgan fingerprint density at radius 2 is 1.86 bits per heavy atom. The molecule has 0 bridgehead atoms. The van der Waals surface area contributed by atoms with Gasteiger partial charge >= 0.3 is 5.97 Å². The quantitative estimate of drug-likeness (QED) is 0.518. The molecule has 0 radical (unpaired) electrons. The Morgan fingerprint density at radius 3 is 2.56 bits per heavy atom. The molecule has 192 valence electrons. The molecule has 2 aromatic carbocycles. The Hall–Kier alpha value is -3.39. The van der Waals surface area contributed by atoms with Crippen LogP contribution >= 0.6 is 0 Å². The highest BCUT2D eigenvalue weighted by Crippen LogP contribution is 2.36. The van der Waals surface area contributed by atoms with Gasteiger partial charge in [-0.05, 0) is 50.9 Å². The lowest BCUT2D eigenvalue weighted by Crippen LogP contribution is -2.44. The van der Waals surface area contributed by atoms with E-state index in [0.29, 0.717) is 31.1 Å². The summed E-state index contributed by atoms with van der Waals surface area (Å²) < 4.78 is 16.2. The fraction of sp³-hybridized carbons (Fsp3) is 0.464. The van der Waals surface area contributed by atoms with Crippen molar-refractivity contribution in [2.24, 2.45) is 11.0 Å². The lowest BCUT2D eigenvalue weighted by atomic mass is 9.97. The normalized spacial score (nSPS) is 20.1. The molecule has 2 atom stereocenters. The highest BCUT2D eigenvalue weighted by Gasteiger charge is 2.36. The predicted octanol–water partition coefficient (Wildman–Crippen LogP) is 3.97. The molecular weight excluding hydrogens is 458 g/mol. The number of nitrogens with zero attached hydrogens (tertiary/aromatic N) is 3. The van der Waals surface area contributed by atoms with Gasteiger partial charge in [0.25, 0.3) is 5.91 Å². The summed E-state index contributed by atoms with van der Waals surface area (Å²) in [5.41, 5.74) is 3.82. The van der Waals surface area contributed by atoms with Crippen LogP contribution < -0.4 is 9.47 Å². The van der Waals surface area contributed by atoms with Crippen LogP contribution in [-0.4, -0.2) is 68.0 Å². The number of carbonyl (C=O) groups is 2. The molecule has 0 aliphatic carbocycles. The highest BCUT2D eigenvalue weighted by atomic mass is 16.5. The fourth-order valence-electron chi connectivity index (χ4n) is 4.90. The fourth-order valence-corrected chi connectivity index (χ4v) is 4.90. The van der Waals surface area contributed by atoms with Gasteiger partial charge in [-0.15, -0.1) is 0 Å². The molecule has 36 heavy (non-hydrogen) atoms. The molecule has 8 nitrogen and oxygen atoms in total. The minimum absolute atomic E-state index is 0.0902. The molecule has 0 N–H and O–H groups in total. The highest BCUT2D eigenvalue weighted by molar-refractivity contribution is 6.05. The van der Waals surface area contributed by atoms with E-state index in [1.165, 1.54) is 0 Å². The average Bonchev–Trinajstić information content (AvgIpc) is 3.34. The lowest BCUT2D eigenvalue weighted by molar-refractivity contribution is -0.150. The maximum atomic E-state index is 13.6. The van der Waals surface area contributed by atoms with Crippen molar-refractivity contribution < 1.29 is 23.8 Å². The van der Waals surface area contributed by atoms with Crippen molar-refractivity contribution in [2.45, 2.75) is 39.2 Å². The Labute approximate surface area is 212 Å². The summed E-state index contributed by atoms with van der Waals surface area (Å²) in [5, 5.41) is 6.42. The van der Waals surface area contributed by atoms with Crippen LogP contribution in [0.25, 0.3) is 0 Å². The van der Waals surface area contributed by atoms with E-state index in [2.05, 4.69) is 24.3 Å². The van der Waals surface area contributed by atoms with Crippen molar-refractivity contribution in [1.82, 2.24) is 9.91 Å². The van der Waals surface area contributed by atoms with Gasteiger partial charge in [0.1, 0.15) is 11.5 Å². The second-order valence-electron chi connectivity index (χ2n) is 9.31. The number of benzene rings is 2. The average molecular weight is 494 g/mol. The summed E-state index contributed by atoms with van der Waals surface area (Å²) in [6.45, 7) is 5.72. The summed E-state index contributed by atoms with van der Waals surface area (Å²) in [5.74, 6) is 0.880. The Bertz CT molecular complexity index is 1110. The van der Waals surface area contributed by atoms with Crippen molar-refractivity contribution in [3.63, 3.8) is 0 Å². The molecule has 4 rings (SSSR count). The summed E-state index contributed by atoms with van der Waals surface area (Å²) in [7, 11) is 3.23. The number of methoxy groups -OCH3 is 2. The van der Waals surface area contributed by atoms with Crippen LogP contribution in [0.15, 0.2) is 47.6 Å². The first-order valence-corrected chi connectivity index (χ1v) is 12.5. The summed E-state index contributed by atoms with van der Waals surface area (Å²) in [6.07, 6.45) is 2.22. The SMILES string of the molecule is CCOC(=O)[C@H]1CCCN(CC(=O)N2N=C(c3ccc(OC)cc3OC)C[C@@H]2c2ccc(C)cc2)C1. The van der Waals surface area contributed by atoms with Crippen molar-refractivity contribution in [3.05, 3.63) is 59.2 Å². The Kier molecular flexibility index (Phi) is 8.25. The maximum absolute atomic E-state index is 13.6. The van der Waals surface area contributed by atoms with E-state index in [-0.39, 0.29) is 30.4 Å². The van der Waals surface area contributed by atoms with Crippen molar-refractivity contribution in [2.75, 3.05) is 40.5 Å². The molecule has 2 heterocycles. The monoisotopic (exact) mass is 493 g/mol. The third kappa shape index (κ3) is 5.70. The van der Waals surface area contributed by atoms with Gasteiger partial charge in [0.15, 0.2) is 0 Å². The standard InChI is InChI=1S/C28H35N3O5/c1-5-36-28(33)21-7-6-14-30(17-21)18-27(32)31-25(20-10-8-19(2)9-11-20)16-24(29-31)23-13-12-22(34-3)15-26(23)35-4/h8-13,15,21,25H,5-7,14,16-18H2,1-4H3/t21-,25+/m0/s1. The van der Waals surface area contributed by atoms with E-state index in [9.17, 15) is 9.59 Å². The van der Waals surface area contributed by atoms with Gasteiger partial charge in [-0.2, -0.15) is 5.10 Å². The number of hydrazone groups is 1. The van der Waals surface area contributed by atoms with Crippen LogP contribution in [0.5, 0.6) is 11.5 Å². The molecule has 1 saturated heterocycles. The second-order valence-corrected chi connectivity index (χ2v) is 9.31. The topological polar surface area (TPSA) is 80.7 Å². The lowest BCUT2D eigenvalue weighted by Gasteiger charge is -2.32. The van der Waals surface area contributed by atoms with Crippen molar-refractivity contribution in [1.29, 1.82) is 0 Å².